The molecule has 3 rings (SSSR count). The number of carbonyl (C=O) groups is 2. The Balaban J connectivity index is 1.64. The number of nitrogens with zero attached hydrogens (tertiary/aromatic N) is 3. The third-order valence-electron chi connectivity index (χ3n) is 4.16. The summed E-state index contributed by atoms with van der Waals surface area (Å²) in [5.41, 5.74) is 0.529. The summed E-state index contributed by atoms with van der Waals surface area (Å²) in [6.45, 7) is 7.16. The van der Waals surface area contributed by atoms with Gasteiger partial charge in [0.15, 0.2) is 0 Å². The van der Waals surface area contributed by atoms with E-state index in [0.717, 1.165) is 31.1 Å². The SMILES string of the molecule is C=c1cccc2c1=NC(CSC1CCN(C(C)=O)CC1)=NC2=O. The van der Waals surface area contributed by atoms with Crippen molar-refractivity contribution in [2.45, 2.75) is 25.0 Å². The van der Waals surface area contributed by atoms with Crippen molar-refractivity contribution >= 4 is 36.0 Å². The summed E-state index contributed by atoms with van der Waals surface area (Å²) in [5.74, 6) is 1.09. The molecule has 0 atom stereocenters. The van der Waals surface area contributed by atoms with Crippen molar-refractivity contribution in [2.75, 3.05) is 18.8 Å². The molecule has 0 spiro atoms. The van der Waals surface area contributed by atoms with Crippen LogP contribution in [0.4, 0.5) is 0 Å². The van der Waals surface area contributed by atoms with Gasteiger partial charge in [0.2, 0.25) is 5.91 Å². The van der Waals surface area contributed by atoms with E-state index in [1.807, 2.05) is 11.0 Å². The zero-order chi connectivity index (χ0) is 16.4. The lowest BCUT2D eigenvalue weighted by Gasteiger charge is -2.30. The molecule has 0 bridgehead atoms. The fraction of sp³-hybridized carbons (Fsp3) is 0.412. The zero-order valence-electron chi connectivity index (χ0n) is 13.1. The van der Waals surface area contributed by atoms with Crippen molar-refractivity contribution in [3.63, 3.8) is 0 Å². The second-order valence-electron chi connectivity index (χ2n) is 5.77. The van der Waals surface area contributed by atoms with Gasteiger partial charge < -0.3 is 4.90 Å². The van der Waals surface area contributed by atoms with Crippen molar-refractivity contribution < 1.29 is 9.59 Å². The van der Waals surface area contributed by atoms with Gasteiger partial charge in [-0.2, -0.15) is 16.8 Å². The maximum Gasteiger partial charge on any atom is 0.280 e. The van der Waals surface area contributed by atoms with Crippen LogP contribution in [0.25, 0.3) is 6.58 Å². The summed E-state index contributed by atoms with van der Waals surface area (Å²) in [6, 6.07) is 5.39. The van der Waals surface area contributed by atoms with E-state index in [4.69, 9.17) is 0 Å². The third kappa shape index (κ3) is 3.52. The van der Waals surface area contributed by atoms with Crippen LogP contribution in [0.3, 0.4) is 0 Å². The summed E-state index contributed by atoms with van der Waals surface area (Å²) in [6.07, 6.45) is 1.95. The summed E-state index contributed by atoms with van der Waals surface area (Å²) in [7, 11) is 0. The highest BCUT2D eigenvalue weighted by atomic mass is 32.2. The predicted octanol–water partition coefficient (Wildman–Crippen LogP) is 1.01. The Hall–Kier alpha value is -1.95. The van der Waals surface area contributed by atoms with Crippen LogP contribution < -0.4 is 10.6 Å². The second-order valence-corrected chi connectivity index (χ2v) is 7.06. The highest BCUT2D eigenvalue weighted by Gasteiger charge is 2.22. The molecule has 1 aromatic rings. The molecule has 23 heavy (non-hydrogen) atoms. The molecule has 0 unspecified atom stereocenters. The van der Waals surface area contributed by atoms with Crippen molar-refractivity contribution in [3.8, 4) is 0 Å². The third-order valence-corrected chi connectivity index (χ3v) is 5.52. The number of rotatable bonds is 3. The number of thioether (sulfide) groups is 1. The van der Waals surface area contributed by atoms with E-state index >= 15 is 0 Å². The first-order valence-electron chi connectivity index (χ1n) is 7.70. The number of piperidine rings is 1. The number of amidine groups is 1. The summed E-state index contributed by atoms with van der Waals surface area (Å²) in [4.78, 5) is 33.9. The van der Waals surface area contributed by atoms with Crippen molar-refractivity contribution in [1.29, 1.82) is 0 Å². The number of benzene rings is 1. The Morgan fingerprint density at radius 2 is 2.09 bits per heavy atom. The first-order valence-corrected chi connectivity index (χ1v) is 8.75. The molecule has 5 nitrogen and oxygen atoms in total. The number of hydrogen-bond donors (Lipinski definition) is 0. The average Bonchev–Trinajstić information content (AvgIpc) is 2.54. The van der Waals surface area contributed by atoms with Gasteiger partial charge in [0.25, 0.3) is 5.91 Å². The fourth-order valence-corrected chi connectivity index (χ4v) is 3.88. The summed E-state index contributed by atoms with van der Waals surface area (Å²) >= 11 is 1.77. The molecule has 2 amide bonds. The smallest absolute Gasteiger partial charge is 0.280 e. The van der Waals surface area contributed by atoms with Gasteiger partial charge in [0, 0.05) is 25.3 Å². The van der Waals surface area contributed by atoms with Crippen LogP contribution in [-0.2, 0) is 4.79 Å². The molecule has 0 N–H and O–H groups in total. The summed E-state index contributed by atoms with van der Waals surface area (Å²) < 4.78 is 0. The molecule has 0 radical (unpaired) electrons. The lowest BCUT2D eigenvalue weighted by atomic mass is 10.1. The predicted molar refractivity (Wildman–Crippen MR) is 92.2 cm³/mol. The van der Waals surface area contributed by atoms with Crippen molar-refractivity contribution in [2.24, 2.45) is 9.98 Å². The lowest BCUT2D eigenvalue weighted by molar-refractivity contribution is -0.129. The van der Waals surface area contributed by atoms with Crippen LogP contribution in [0.5, 0.6) is 0 Å². The van der Waals surface area contributed by atoms with Crippen LogP contribution in [0.15, 0.2) is 28.2 Å². The number of carbonyl (C=O) groups excluding carboxylic acids is 2. The number of amides is 2. The maximum atomic E-state index is 12.1. The van der Waals surface area contributed by atoms with Gasteiger partial charge in [-0.25, -0.2) is 4.99 Å². The number of hydrogen-bond acceptors (Lipinski definition) is 4. The number of aliphatic imine (C=N–C) groups is 1. The standard InChI is InChI=1S/C17H19N3O2S/c1-11-4-3-5-14-16(11)18-15(19-17(14)22)10-23-13-6-8-20(9-7-13)12(2)21/h3-5,13H,1,6-10H2,2H3. The van der Waals surface area contributed by atoms with E-state index in [0.29, 0.717) is 27.8 Å². The molecular weight excluding hydrogens is 310 g/mol. The fourth-order valence-electron chi connectivity index (χ4n) is 2.82. The largest absolute Gasteiger partial charge is 0.343 e. The topological polar surface area (TPSA) is 62.1 Å². The van der Waals surface area contributed by atoms with Crippen LogP contribution in [0, 0.1) is 0 Å². The van der Waals surface area contributed by atoms with E-state index in [9.17, 15) is 9.59 Å². The number of fused-ring (bicyclic) bond motifs is 1. The van der Waals surface area contributed by atoms with Crippen LogP contribution in [0.1, 0.15) is 30.1 Å². The maximum absolute atomic E-state index is 12.1. The minimum absolute atomic E-state index is 0.144. The minimum atomic E-state index is -0.234. The zero-order valence-corrected chi connectivity index (χ0v) is 13.9. The van der Waals surface area contributed by atoms with E-state index in [1.165, 1.54) is 0 Å². The van der Waals surface area contributed by atoms with Gasteiger partial charge in [-0.1, -0.05) is 18.7 Å². The van der Waals surface area contributed by atoms with Crippen LogP contribution >= 0.6 is 11.8 Å². The molecular formula is C17H19N3O2S. The molecule has 120 valence electrons. The Kier molecular flexibility index (Phi) is 4.61. The first-order chi connectivity index (χ1) is 11.0. The monoisotopic (exact) mass is 329 g/mol. The molecule has 0 aromatic heterocycles. The Labute approximate surface area is 139 Å². The highest BCUT2D eigenvalue weighted by molar-refractivity contribution is 8.00. The van der Waals surface area contributed by atoms with Gasteiger partial charge in [-0.05, 0) is 24.1 Å². The molecule has 0 saturated carbocycles. The molecule has 1 fully saturated rings. The van der Waals surface area contributed by atoms with E-state index < -0.39 is 0 Å². The highest BCUT2D eigenvalue weighted by Crippen LogP contribution is 2.24. The average molecular weight is 329 g/mol. The minimum Gasteiger partial charge on any atom is -0.343 e. The van der Waals surface area contributed by atoms with Gasteiger partial charge in [0.05, 0.1) is 16.7 Å². The van der Waals surface area contributed by atoms with Gasteiger partial charge in [-0.3, -0.25) is 9.59 Å². The second kappa shape index (κ2) is 6.66. The molecule has 0 aliphatic carbocycles. The lowest BCUT2D eigenvalue weighted by Crippen LogP contribution is -2.38. The molecule has 2 aliphatic heterocycles. The first kappa shape index (κ1) is 15.9. The Morgan fingerprint density at radius 1 is 1.35 bits per heavy atom. The van der Waals surface area contributed by atoms with Crippen molar-refractivity contribution in [1.82, 2.24) is 4.90 Å². The summed E-state index contributed by atoms with van der Waals surface area (Å²) in [5, 5.41) is 1.88. The molecule has 6 heteroatoms. The van der Waals surface area contributed by atoms with E-state index in [2.05, 4.69) is 16.6 Å². The molecule has 1 aromatic carbocycles. The Bertz CT molecular complexity index is 780. The van der Waals surface area contributed by atoms with Gasteiger partial charge in [-0.15, -0.1) is 0 Å². The molecule has 2 heterocycles. The molecule has 1 saturated heterocycles. The van der Waals surface area contributed by atoms with Crippen LogP contribution in [-0.4, -0.2) is 46.6 Å². The van der Waals surface area contributed by atoms with Gasteiger partial charge >= 0.3 is 0 Å². The van der Waals surface area contributed by atoms with Crippen LogP contribution in [0.2, 0.25) is 0 Å². The number of para-hydroxylation sites is 1. The molecule has 2 aliphatic rings. The Morgan fingerprint density at radius 3 is 2.78 bits per heavy atom. The van der Waals surface area contributed by atoms with E-state index in [-0.39, 0.29) is 11.8 Å². The van der Waals surface area contributed by atoms with Gasteiger partial charge in [0.1, 0.15) is 5.84 Å². The van der Waals surface area contributed by atoms with E-state index in [1.54, 1.807) is 30.8 Å². The quantitative estimate of drug-likeness (QED) is 0.831. The number of likely N-dealkylation sites (tertiary alicyclic amines) is 1. The normalized spacial score (nSPS) is 18.2. The van der Waals surface area contributed by atoms with Crippen molar-refractivity contribution in [3.05, 3.63) is 34.3 Å².